The Labute approximate surface area is 128 Å². The Kier molecular flexibility index (Phi) is 5.40. The average molecular weight is 299 g/mol. The minimum absolute atomic E-state index is 0.500. The summed E-state index contributed by atoms with van der Waals surface area (Å²) in [5.74, 6) is 0.689. The number of benzene rings is 1. The fourth-order valence-corrected chi connectivity index (χ4v) is 2.26. The van der Waals surface area contributed by atoms with Crippen molar-refractivity contribution in [2.24, 2.45) is 5.73 Å². The predicted molar refractivity (Wildman–Crippen MR) is 87.7 cm³/mol. The van der Waals surface area contributed by atoms with Gasteiger partial charge >= 0.3 is 0 Å². The van der Waals surface area contributed by atoms with Crippen LogP contribution in [0.1, 0.15) is 11.3 Å². The van der Waals surface area contributed by atoms with Crippen LogP contribution in [0.3, 0.4) is 0 Å². The van der Waals surface area contributed by atoms with Crippen molar-refractivity contribution in [3.05, 3.63) is 60.1 Å². The Morgan fingerprint density at radius 2 is 2.24 bits per heavy atom. The summed E-state index contributed by atoms with van der Waals surface area (Å²) in [4.78, 5) is 5.45. The lowest BCUT2D eigenvalue weighted by Gasteiger charge is -2.08. The van der Waals surface area contributed by atoms with E-state index in [9.17, 15) is 0 Å². The summed E-state index contributed by atoms with van der Waals surface area (Å²) in [6.45, 7) is 0.500. The van der Waals surface area contributed by atoms with Crippen molar-refractivity contribution in [3.8, 4) is 5.75 Å². The fraction of sp³-hybridized carbons (Fsp3) is 0.125. The topological polar surface area (TPSA) is 72.0 Å². The minimum atomic E-state index is 0.500. The number of hydrogen-bond acceptors (Lipinski definition) is 5. The van der Waals surface area contributed by atoms with Gasteiger partial charge in [0.05, 0.1) is 11.9 Å². The van der Waals surface area contributed by atoms with Gasteiger partial charge in [0.15, 0.2) is 0 Å². The van der Waals surface area contributed by atoms with Crippen LogP contribution in [-0.2, 0) is 6.61 Å². The maximum atomic E-state index is 7.24. The molecule has 0 aliphatic carbocycles. The number of ether oxygens (including phenoxy) is 1. The van der Waals surface area contributed by atoms with Crippen molar-refractivity contribution in [1.82, 2.24) is 4.98 Å². The van der Waals surface area contributed by atoms with Gasteiger partial charge in [-0.15, -0.1) is 11.8 Å². The smallest absolute Gasteiger partial charge is 0.138 e. The number of pyridine rings is 1. The second-order valence-electron chi connectivity index (χ2n) is 4.29. The molecule has 1 aromatic carbocycles. The molecule has 5 heteroatoms. The minimum Gasteiger partial charge on any atom is -0.487 e. The Bertz CT molecular complexity index is 638. The number of hydrogen-bond donors (Lipinski definition) is 2. The van der Waals surface area contributed by atoms with Crippen LogP contribution in [0, 0.1) is 5.41 Å². The molecule has 0 saturated heterocycles. The maximum Gasteiger partial charge on any atom is 0.138 e. The fourth-order valence-electron chi connectivity index (χ4n) is 1.77. The monoisotopic (exact) mass is 299 g/mol. The summed E-state index contributed by atoms with van der Waals surface area (Å²) in [6.07, 6.45) is 6.23. The molecule has 3 N–H and O–H groups in total. The third-order valence-electron chi connectivity index (χ3n) is 2.91. The van der Waals surface area contributed by atoms with Crippen molar-refractivity contribution in [2.45, 2.75) is 11.5 Å². The summed E-state index contributed by atoms with van der Waals surface area (Å²) in [6, 6.07) is 11.9. The second kappa shape index (κ2) is 7.50. The maximum absolute atomic E-state index is 7.24. The lowest BCUT2D eigenvalue weighted by atomic mass is 10.2. The van der Waals surface area contributed by atoms with E-state index in [1.54, 1.807) is 24.0 Å². The Balaban J connectivity index is 2.02. The van der Waals surface area contributed by atoms with E-state index in [1.165, 1.54) is 17.3 Å². The molecule has 108 valence electrons. The number of aromatic nitrogens is 1. The second-order valence-corrected chi connectivity index (χ2v) is 5.17. The third-order valence-corrected chi connectivity index (χ3v) is 3.63. The third kappa shape index (κ3) is 4.10. The summed E-state index contributed by atoms with van der Waals surface area (Å²) < 4.78 is 5.71. The quantitative estimate of drug-likeness (QED) is 0.634. The van der Waals surface area contributed by atoms with E-state index in [2.05, 4.69) is 23.4 Å². The number of thioether (sulfide) groups is 1. The largest absolute Gasteiger partial charge is 0.487 e. The first-order chi connectivity index (χ1) is 10.3. The molecule has 4 nitrogen and oxygen atoms in total. The highest BCUT2D eigenvalue weighted by Gasteiger charge is 2.02. The van der Waals surface area contributed by atoms with Crippen molar-refractivity contribution < 1.29 is 4.74 Å². The van der Waals surface area contributed by atoms with Crippen LogP contribution in [0.15, 0.2) is 53.7 Å². The molecule has 0 unspecified atom stereocenters. The molecule has 2 rings (SSSR count). The van der Waals surface area contributed by atoms with Crippen molar-refractivity contribution in [2.75, 3.05) is 6.26 Å². The van der Waals surface area contributed by atoms with Gasteiger partial charge < -0.3 is 15.9 Å². The molecule has 0 atom stereocenters. The van der Waals surface area contributed by atoms with Gasteiger partial charge in [0.2, 0.25) is 0 Å². The number of nitrogens with two attached hydrogens (primary N) is 1. The Morgan fingerprint density at radius 3 is 2.86 bits per heavy atom. The molecule has 0 saturated carbocycles. The van der Waals surface area contributed by atoms with E-state index < -0.39 is 0 Å². The first-order valence-corrected chi connectivity index (χ1v) is 7.64. The summed E-state index contributed by atoms with van der Waals surface area (Å²) in [5.41, 5.74) is 7.78. The van der Waals surface area contributed by atoms with E-state index in [4.69, 9.17) is 15.9 Å². The van der Waals surface area contributed by atoms with Crippen molar-refractivity contribution in [1.29, 1.82) is 5.41 Å². The molecule has 0 aliphatic rings. The molecule has 0 fully saturated rings. The zero-order valence-corrected chi connectivity index (χ0v) is 12.6. The van der Waals surface area contributed by atoms with Gasteiger partial charge in [-0.05, 0) is 36.1 Å². The number of nitrogens with one attached hydrogen (secondary N) is 1. The highest BCUT2D eigenvalue weighted by atomic mass is 32.2. The van der Waals surface area contributed by atoms with Gasteiger partial charge in [-0.1, -0.05) is 12.1 Å². The van der Waals surface area contributed by atoms with Gasteiger partial charge in [-0.25, -0.2) is 0 Å². The lowest BCUT2D eigenvalue weighted by Crippen LogP contribution is -1.98. The van der Waals surface area contributed by atoms with Crippen molar-refractivity contribution >= 4 is 23.5 Å². The normalized spacial score (nSPS) is 11.2. The van der Waals surface area contributed by atoms with Crippen LogP contribution in [0.25, 0.3) is 5.57 Å². The first-order valence-electron chi connectivity index (χ1n) is 6.41. The van der Waals surface area contributed by atoms with E-state index >= 15 is 0 Å². The molecule has 0 amide bonds. The number of allylic oxidation sites excluding steroid dienone is 1. The first kappa shape index (κ1) is 15.1. The molecule has 1 aromatic heterocycles. The van der Waals surface area contributed by atoms with Crippen LogP contribution in [0.2, 0.25) is 0 Å². The molecule has 0 bridgehead atoms. The molecule has 21 heavy (non-hydrogen) atoms. The van der Waals surface area contributed by atoms with Crippen molar-refractivity contribution in [3.63, 3.8) is 0 Å². The molecule has 0 aliphatic heterocycles. The van der Waals surface area contributed by atoms with Crippen LogP contribution in [-0.4, -0.2) is 17.5 Å². The van der Waals surface area contributed by atoms with E-state index in [0.717, 1.165) is 5.56 Å². The van der Waals surface area contributed by atoms with Gasteiger partial charge in [0, 0.05) is 22.9 Å². The summed E-state index contributed by atoms with van der Waals surface area (Å²) in [7, 11) is 0. The lowest BCUT2D eigenvalue weighted by molar-refractivity contribution is 0.304. The van der Waals surface area contributed by atoms with E-state index in [0.29, 0.717) is 23.6 Å². The molecule has 0 radical (unpaired) electrons. The van der Waals surface area contributed by atoms with Crippen LogP contribution in [0.5, 0.6) is 5.75 Å². The van der Waals surface area contributed by atoms with Gasteiger partial charge in [0.1, 0.15) is 12.4 Å². The molecular formula is C16H17N3OS. The zero-order valence-electron chi connectivity index (χ0n) is 11.7. The van der Waals surface area contributed by atoms with E-state index in [-0.39, 0.29) is 0 Å². The molecular weight excluding hydrogens is 282 g/mol. The SMILES string of the molecule is CSc1cccc(COc2ccc(/C(C=N)=C/N)nc2)c1. The Hall–Kier alpha value is -2.27. The zero-order chi connectivity index (χ0) is 15.1. The highest BCUT2D eigenvalue weighted by molar-refractivity contribution is 7.98. The average Bonchev–Trinajstić information content (AvgIpc) is 2.55. The molecule has 2 aromatic rings. The Morgan fingerprint density at radius 1 is 1.38 bits per heavy atom. The number of nitrogens with zero attached hydrogens (tertiary/aromatic N) is 1. The summed E-state index contributed by atoms with van der Waals surface area (Å²) >= 11 is 1.71. The summed E-state index contributed by atoms with van der Waals surface area (Å²) in [5, 5.41) is 7.24. The number of rotatable bonds is 6. The molecule has 1 heterocycles. The van der Waals surface area contributed by atoms with Gasteiger partial charge in [-0.3, -0.25) is 4.98 Å². The standard InChI is InChI=1S/C16H17N3OS/c1-21-15-4-2-3-12(7-15)11-20-14-5-6-16(19-10-14)13(8-17)9-18/h2-10,17H,11,18H2,1H3/b13-9+,17-8?. The van der Waals surface area contributed by atoms with Crippen LogP contribution in [0.4, 0.5) is 0 Å². The van der Waals surface area contributed by atoms with Gasteiger partial charge in [0.25, 0.3) is 0 Å². The predicted octanol–water partition coefficient (Wildman–Crippen LogP) is 3.33. The highest BCUT2D eigenvalue weighted by Crippen LogP contribution is 2.18. The van der Waals surface area contributed by atoms with Crippen LogP contribution < -0.4 is 10.5 Å². The molecule has 0 spiro atoms. The van der Waals surface area contributed by atoms with E-state index in [1.807, 2.05) is 18.2 Å². The van der Waals surface area contributed by atoms with Gasteiger partial charge in [-0.2, -0.15) is 0 Å². The van der Waals surface area contributed by atoms with Crippen LogP contribution >= 0.6 is 11.8 Å².